The first-order valence-electron chi connectivity index (χ1n) is 10.4. The van der Waals surface area contributed by atoms with Gasteiger partial charge in [-0.3, -0.25) is 4.79 Å². The van der Waals surface area contributed by atoms with Crippen LogP contribution in [0, 0.1) is 0 Å². The number of thioether (sulfide) groups is 1. The average molecular weight is 432 g/mol. The Morgan fingerprint density at radius 3 is 2.83 bits per heavy atom. The van der Waals surface area contributed by atoms with Gasteiger partial charge in [-0.1, -0.05) is 13.0 Å². The van der Waals surface area contributed by atoms with E-state index in [0.717, 1.165) is 35.6 Å². The summed E-state index contributed by atoms with van der Waals surface area (Å²) in [7, 11) is 0. The molecule has 6 nitrogen and oxygen atoms in total. The molecule has 1 aromatic rings. The van der Waals surface area contributed by atoms with E-state index in [1.807, 2.05) is 13.8 Å². The highest BCUT2D eigenvalue weighted by Gasteiger charge is 2.39. The summed E-state index contributed by atoms with van der Waals surface area (Å²) in [6, 6.07) is 5.01. The maximum Gasteiger partial charge on any atom is 0.336 e. The Balaban J connectivity index is 2.03. The molecule has 1 aliphatic heterocycles. The number of ether oxygens (including phenoxy) is 2. The molecule has 0 fully saturated rings. The predicted molar refractivity (Wildman–Crippen MR) is 118 cm³/mol. The van der Waals surface area contributed by atoms with Gasteiger partial charge in [0.15, 0.2) is 17.3 Å². The number of phenolic OH excluding ortho intramolecular Hbond substituents is 1. The molecule has 1 atom stereocenters. The summed E-state index contributed by atoms with van der Waals surface area (Å²) in [5, 5.41) is 13.4. The molecular weight excluding hydrogens is 402 g/mol. The molecule has 2 N–H and O–H groups in total. The number of ketones is 1. The minimum Gasteiger partial charge on any atom is -0.504 e. The van der Waals surface area contributed by atoms with E-state index in [0.29, 0.717) is 42.2 Å². The van der Waals surface area contributed by atoms with E-state index in [2.05, 4.69) is 12.2 Å². The van der Waals surface area contributed by atoms with E-state index in [9.17, 15) is 14.7 Å². The normalized spacial score (nSPS) is 18.8. The highest BCUT2D eigenvalue weighted by atomic mass is 32.2. The lowest BCUT2D eigenvalue weighted by Gasteiger charge is -2.34. The SMILES string of the molecule is CCOc1cc(C2C(C(=O)OCCSCC)=C(C)NC3=C2C(=O)CCC3)ccc1O. The lowest BCUT2D eigenvalue weighted by Crippen LogP contribution is -2.34. The third-order valence-corrected chi connectivity index (χ3v) is 6.14. The van der Waals surface area contributed by atoms with Gasteiger partial charge in [-0.25, -0.2) is 4.79 Å². The van der Waals surface area contributed by atoms with Crippen molar-refractivity contribution >= 4 is 23.5 Å². The topological polar surface area (TPSA) is 84.9 Å². The van der Waals surface area contributed by atoms with E-state index in [-0.39, 0.29) is 11.5 Å². The fourth-order valence-corrected chi connectivity index (χ4v) is 4.47. The Hall–Kier alpha value is -2.41. The number of carbonyl (C=O) groups is 2. The largest absolute Gasteiger partial charge is 0.504 e. The van der Waals surface area contributed by atoms with Crippen LogP contribution in [0.5, 0.6) is 11.5 Å². The smallest absolute Gasteiger partial charge is 0.336 e. The van der Waals surface area contributed by atoms with E-state index >= 15 is 0 Å². The van der Waals surface area contributed by atoms with Gasteiger partial charge < -0.3 is 19.9 Å². The van der Waals surface area contributed by atoms with Crippen LogP contribution in [0.1, 0.15) is 51.5 Å². The number of phenols is 1. The zero-order valence-electron chi connectivity index (χ0n) is 17.7. The number of aromatic hydroxyl groups is 1. The van der Waals surface area contributed by atoms with Crippen LogP contribution in [-0.4, -0.2) is 41.6 Å². The first-order chi connectivity index (χ1) is 14.5. The van der Waals surface area contributed by atoms with Crippen molar-refractivity contribution in [1.29, 1.82) is 0 Å². The number of nitrogens with one attached hydrogen (secondary N) is 1. The summed E-state index contributed by atoms with van der Waals surface area (Å²) in [6.45, 7) is 6.46. The maximum atomic E-state index is 13.1. The van der Waals surface area contributed by atoms with Gasteiger partial charge in [-0.05, 0) is 50.1 Å². The molecule has 0 saturated heterocycles. The van der Waals surface area contributed by atoms with Gasteiger partial charge in [0, 0.05) is 35.1 Å². The zero-order chi connectivity index (χ0) is 21.7. The lowest BCUT2D eigenvalue weighted by atomic mass is 9.75. The van der Waals surface area contributed by atoms with Crippen LogP contribution in [-0.2, 0) is 14.3 Å². The first-order valence-corrected chi connectivity index (χ1v) is 11.6. The predicted octanol–water partition coefficient (Wildman–Crippen LogP) is 4.06. The lowest BCUT2D eigenvalue weighted by molar-refractivity contribution is -0.138. The number of Topliss-reactive ketones (excluding diaryl/α,β-unsaturated/α-hetero) is 1. The molecule has 2 aliphatic rings. The molecule has 1 aliphatic carbocycles. The molecule has 1 aromatic carbocycles. The molecule has 1 unspecified atom stereocenters. The number of hydrogen-bond acceptors (Lipinski definition) is 7. The summed E-state index contributed by atoms with van der Waals surface area (Å²) in [6.07, 6.45) is 2.02. The van der Waals surface area contributed by atoms with Gasteiger partial charge in [-0.2, -0.15) is 11.8 Å². The first kappa shape index (κ1) is 22.3. The summed E-state index contributed by atoms with van der Waals surface area (Å²) < 4.78 is 11.1. The number of esters is 1. The highest BCUT2D eigenvalue weighted by molar-refractivity contribution is 7.99. The molecule has 7 heteroatoms. The van der Waals surface area contributed by atoms with Crippen molar-refractivity contribution in [3.05, 3.63) is 46.3 Å². The van der Waals surface area contributed by atoms with Crippen LogP contribution in [0.25, 0.3) is 0 Å². The van der Waals surface area contributed by atoms with Gasteiger partial charge in [0.05, 0.1) is 12.2 Å². The Kier molecular flexibility index (Phi) is 7.48. The quantitative estimate of drug-likeness (QED) is 0.474. The zero-order valence-corrected chi connectivity index (χ0v) is 18.6. The fraction of sp³-hybridized carbons (Fsp3) is 0.478. The summed E-state index contributed by atoms with van der Waals surface area (Å²) in [5.41, 5.74) is 3.37. The van der Waals surface area contributed by atoms with Crippen LogP contribution in [0.3, 0.4) is 0 Å². The van der Waals surface area contributed by atoms with Crippen molar-refractivity contribution in [3.8, 4) is 11.5 Å². The van der Waals surface area contributed by atoms with Gasteiger partial charge in [0.1, 0.15) is 6.61 Å². The minimum atomic E-state index is -0.541. The Bertz CT molecular complexity index is 890. The Morgan fingerprint density at radius 1 is 1.30 bits per heavy atom. The second-order valence-corrected chi connectivity index (χ2v) is 8.65. The standard InChI is InChI=1S/C23H29NO5S/c1-4-28-19-13-15(9-10-17(19)25)21-20(23(27)29-11-12-30-5-2)14(3)24-16-7-6-8-18(26)22(16)21/h9-10,13,21,24-25H,4-8,11-12H2,1-3H3. The van der Waals surface area contributed by atoms with Crippen molar-refractivity contribution in [1.82, 2.24) is 5.32 Å². The van der Waals surface area contributed by atoms with Crippen molar-refractivity contribution < 1.29 is 24.2 Å². The van der Waals surface area contributed by atoms with Crippen LogP contribution < -0.4 is 10.1 Å². The van der Waals surface area contributed by atoms with E-state index in [1.54, 1.807) is 30.0 Å². The maximum absolute atomic E-state index is 13.1. The third kappa shape index (κ3) is 4.67. The number of carbonyl (C=O) groups excluding carboxylic acids is 2. The Morgan fingerprint density at radius 2 is 2.10 bits per heavy atom. The molecule has 30 heavy (non-hydrogen) atoms. The minimum absolute atomic E-state index is 0.0279. The van der Waals surface area contributed by atoms with E-state index in [4.69, 9.17) is 9.47 Å². The van der Waals surface area contributed by atoms with Crippen LogP contribution in [0.15, 0.2) is 40.7 Å². The van der Waals surface area contributed by atoms with Gasteiger partial charge in [0.25, 0.3) is 0 Å². The van der Waals surface area contributed by atoms with Crippen molar-refractivity contribution in [2.24, 2.45) is 0 Å². The van der Waals surface area contributed by atoms with Crippen molar-refractivity contribution in [3.63, 3.8) is 0 Å². The molecule has 0 amide bonds. The Labute approximate surface area is 181 Å². The number of rotatable bonds is 8. The monoisotopic (exact) mass is 431 g/mol. The average Bonchev–Trinajstić information content (AvgIpc) is 2.72. The van der Waals surface area contributed by atoms with Gasteiger partial charge in [-0.15, -0.1) is 0 Å². The van der Waals surface area contributed by atoms with Crippen molar-refractivity contribution in [2.75, 3.05) is 24.7 Å². The molecule has 0 radical (unpaired) electrons. The molecule has 3 rings (SSSR count). The summed E-state index contributed by atoms with van der Waals surface area (Å²) in [5.74, 6) is 1.13. The molecule has 0 saturated carbocycles. The number of benzene rings is 1. The molecular formula is C23H29NO5S. The molecule has 162 valence electrons. The number of allylic oxidation sites excluding steroid dienone is 3. The fourth-order valence-electron chi connectivity index (χ4n) is 3.98. The van der Waals surface area contributed by atoms with Crippen LogP contribution >= 0.6 is 11.8 Å². The van der Waals surface area contributed by atoms with Crippen molar-refractivity contribution in [2.45, 2.75) is 46.0 Å². The third-order valence-electron chi connectivity index (χ3n) is 5.28. The van der Waals surface area contributed by atoms with E-state index < -0.39 is 11.9 Å². The molecule has 0 spiro atoms. The van der Waals surface area contributed by atoms with E-state index in [1.165, 1.54) is 0 Å². The van der Waals surface area contributed by atoms with Crippen LogP contribution in [0.4, 0.5) is 0 Å². The number of dihydropyridines is 1. The number of hydrogen-bond donors (Lipinski definition) is 2. The highest BCUT2D eigenvalue weighted by Crippen LogP contribution is 2.44. The second-order valence-electron chi connectivity index (χ2n) is 7.26. The summed E-state index contributed by atoms with van der Waals surface area (Å²) in [4.78, 5) is 26.0. The van der Waals surface area contributed by atoms with Gasteiger partial charge >= 0.3 is 5.97 Å². The van der Waals surface area contributed by atoms with Gasteiger partial charge in [0.2, 0.25) is 0 Å². The van der Waals surface area contributed by atoms with Crippen LogP contribution in [0.2, 0.25) is 0 Å². The molecule has 1 heterocycles. The second kappa shape index (κ2) is 10.1. The summed E-state index contributed by atoms with van der Waals surface area (Å²) >= 11 is 1.71. The molecule has 0 bridgehead atoms. The molecule has 0 aromatic heterocycles.